The summed E-state index contributed by atoms with van der Waals surface area (Å²) in [4.78, 5) is 9.04. The predicted molar refractivity (Wildman–Crippen MR) is 77.3 cm³/mol. The SMILES string of the molecule is COc1cccc(CN2CCN(C(C)(C)C#N)CC2)n1. The second-order valence-electron chi connectivity index (χ2n) is 5.61. The van der Waals surface area contributed by atoms with Gasteiger partial charge in [-0.3, -0.25) is 9.80 Å². The number of methoxy groups -OCH3 is 1. The summed E-state index contributed by atoms with van der Waals surface area (Å²) < 4.78 is 5.15. The average molecular weight is 274 g/mol. The first-order valence-corrected chi connectivity index (χ1v) is 6.94. The molecule has 1 saturated heterocycles. The Balaban J connectivity index is 1.90. The van der Waals surface area contributed by atoms with E-state index in [1.54, 1.807) is 7.11 Å². The standard InChI is InChI=1S/C15H22N4O/c1-15(2,12-16)19-9-7-18(8-10-19)11-13-5-4-6-14(17-13)20-3/h4-6H,7-11H2,1-3H3. The van der Waals surface area contributed by atoms with Crippen molar-refractivity contribution in [3.63, 3.8) is 0 Å². The van der Waals surface area contributed by atoms with E-state index >= 15 is 0 Å². The van der Waals surface area contributed by atoms with Crippen LogP contribution in [0, 0.1) is 11.3 Å². The number of pyridine rings is 1. The fraction of sp³-hybridized carbons (Fsp3) is 0.600. The van der Waals surface area contributed by atoms with Crippen molar-refractivity contribution in [3.8, 4) is 11.9 Å². The van der Waals surface area contributed by atoms with Gasteiger partial charge in [-0.1, -0.05) is 6.07 Å². The minimum Gasteiger partial charge on any atom is -0.481 e. The minimum atomic E-state index is -0.375. The Labute approximate surface area is 120 Å². The van der Waals surface area contributed by atoms with Crippen LogP contribution in [0.5, 0.6) is 5.88 Å². The van der Waals surface area contributed by atoms with Gasteiger partial charge < -0.3 is 4.74 Å². The van der Waals surface area contributed by atoms with Gasteiger partial charge in [0.15, 0.2) is 0 Å². The number of ether oxygens (including phenoxy) is 1. The molecule has 0 radical (unpaired) electrons. The second kappa shape index (κ2) is 6.21. The average Bonchev–Trinajstić information content (AvgIpc) is 2.48. The van der Waals surface area contributed by atoms with Crippen LogP contribution in [0.1, 0.15) is 19.5 Å². The third-order valence-corrected chi connectivity index (χ3v) is 3.81. The molecule has 1 aromatic heterocycles. The molecule has 0 saturated carbocycles. The van der Waals surface area contributed by atoms with Crippen molar-refractivity contribution in [3.05, 3.63) is 23.9 Å². The predicted octanol–water partition coefficient (Wildman–Crippen LogP) is 1.51. The van der Waals surface area contributed by atoms with E-state index in [0.29, 0.717) is 5.88 Å². The van der Waals surface area contributed by atoms with Crippen LogP contribution in [-0.2, 0) is 6.54 Å². The van der Waals surface area contributed by atoms with Gasteiger partial charge in [0.05, 0.1) is 18.9 Å². The topological polar surface area (TPSA) is 52.4 Å². The van der Waals surface area contributed by atoms with Crippen molar-refractivity contribution in [1.29, 1.82) is 5.26 Å². The molecule has 2 heterocycles. The summed E-state index contributed by atoms with van der Waals surface area (Å²) in [5.41, 5.74) is 0.651. The molecular weight excluding hydrogens is 252 g/mol. The molecule has 0 aliphatic carbocycles. The van der Waals surface area contributed by atoms with Crippen molar-refractivity contribution in [2.24, 2.45) is 0 Å². The summed E-state index contributed by atoms with van der Waals surface area (Å²) in [6.45, 7) is 8.56. The molecule has 1 fully saturated rings. The van der Waals surface area contributed by atoms with E-state index in [1.807, 2.05) is 32.0 Å². The molecule has 0 bridgehead atoms. The molecule has 1 aliphatic heterocycles. The number of nitrogens with zero attached hydrogens (tertiary/aromatic N) is 4. The normalized spacial score (nSPS) is 17.7. The summed E-state index contributed by atoms with van der Waals surface area (Å²) in [6, 6.07) is 8.22. The molecule has 5 heteroatoms. The third kappa shape index (κ3) is 3.47. The minimum absolute atomic E-state index is 0.375. The largest absolute Gasteiger partial charge is 0.481 e. The molecule has 0 amide bonds. The quantitative estimate of drug-likeness (QED) is 0.833. The first-order valence-electron chi connectivity index (χ1n) is 6.94. The lowest BCUT2D eigenvalue weighted by Gasteiger charge is -2.40. The number of rotatable bonds is 4. The molecule has 1 aromatic rings. The van der Waals surface area contributed by atoms with Crippen LogP contribution in [0.25, 0.3) is 0 Å². The van der Waals surface area contributed by atoms with Crippen LogP contribution in [-0.4, -0.2) is 53.6 Å². The number of piperazine rings is 1. The smallest absolute Gasteiger partial charge is 0.213 e. The van der Waals surface area contributed by atoms with E-state index in [2.05, 4.69) is 20.9 Å². The fourth-order valence-corrected chi connectivity index (χ4v) is 2.42. The van der Waals surface area contributed by atoms with E-state index in [0.717, 1.165) is 38.4 Å². The maximum atomic E-state index is 9.18. The van der Waals surface area contributed by atoms with Crippen LogP contribution in [0.3, 0.4) is 0 Å². The van der Waals surface area contributed by atoms with Crippen LogP contribution < -0.4 is 4.74 Å². The Morgan fingerprint density at radius 2 is 2.00 bits per heavy atom. The molecular formula is C15H22N4O. The molecule has 0 unspecified atom stereocenters. The first-order chi connectivity index (χ1) is 9.55. The second-order valence-corrected chi connectivity index (χ2v) is 5.61. The summed E-state index contributed by atoms with van der Waals surface area (Å²) in [7, 11) is 1.63. The highest BCUT2D eigenvalue weighted by molar-refractivity contribution is 5.15. The van der Waals surface area contributed by atoms with E-state index in [1.165, 1.54) is 0 Å². The Kier molecular flexibility index (Phi) is 4.58. The van der Waals surface area contributed by atoms with Gasteiger partial charge in [-0.25, -0.2) is 4.98 Å². The summed E-state index contributed by atoms with van der Waals surface area (Å²) in [5, 5.41) is 9.18. The third-order valence-electron chi connectivity index (χ3n) is 3.81. The molecule has 0 N–H and O–H groups in total. The Hall–Kier alpha value is -1.64. The summed E-state index contributed by atoms with van der Waals surface area (Å²) in [5.74, 6) is 0.659. The monoisotopic (exact) mass is 274 g/mol. The fourth-order valence-electron chi connectivity index (χ4n) is 2.42. The van der Waals surface area contributed by atoms with Gasteiger partial charge in [0, 0.05) is 38.8 Å². The van der Waals surface area contributed by atoms with E-state index in [-0.39, 0.29) is 5.54 Å². The highest BCUT2D eigenvalue weighted by atomic mass is 16.5. The first kappa shape index (κ1) is 14.8. The van der Waals surface area contributed by atoms with Gasteiger partial charge in [-0.15, -0.1) is 0 Å². The number of hydrogen-bond acceptors (Lipinski definition) is 5. The Morgan fingerprint density at radius 3 is 2.60 bits per heavy atom. The Morgan fingerprint density at radius 1 is 1.30 bits per heavy atom. The van der Waals surface area contributed by atoms with Gasteiger partial charge in [0.1, 0.15) is 5.54 Å². The lowest BCUT2D eigenvalue weighted by molar-refractivity contribution is 0.0757. The van der Waals surface area contributed by atoms with Gasteiger partial charge in [0.2, 0.25) is 5.88 Å². The van der Waals surface area contributed by atoms with Gasteiger partial charge >= 0.3 is 0 Å². The maximum Gasteiger partial charge on any atom is 0.213 e. The molecule has 20 heavy (non-hydrogen) atoms. The molecule has 0 spiro atoms. The van der Waals surface area contributed by atoms with E-state index < -0.39 is 0 Å². The molecule has 5 nitrogen and oxygen atoms in total. The molecule has 1 aliphatic rings. The van der Waals surface area contributed by atoms with Crippen LogP contribution in [0.4, 0.5) is 0 Å². The van der Waals surface area contributed by atoms with Crippen molar-refractivity contribution in [2.45, 2.75) is 25.9 Å². The zero-order valence-electron chi connectivity index (χ0n) is 12.5. The Bertz CT molecular complexity index is 487. The number of hydrogen-bond donors (Lipinski definition) is 0. The van der Waals surface area contributed by atoms with Gasteiger partial charge in [-0.05, 0) is 19.9 Å². The molecule has 0 atom stereocenters. The lowest BCUT2D eigenvalue weighted by Crippen LogP contribution is -2.53. The molecule has 2 rings (SSSR count). The van der Waals surface area contributed by atoms with Gasteiger partial charge in [-0.2, -0.15) is 5.26 Å². The van der Waals surface area contributed by atoms with Gasteiger partial charge in [0.25, 0.3) is 0 Å². The van der Waals surface area contributed by atoms with Crippen molar-refractivity contribution < 1.29 is 4.74 Å². The highest BCUT2D eigenvalue weighted by Crippen LogP contribution is 2.17. The van der Waals surface area contributed by atoms with E-state index in [9.17, 15) is 5.26 Å². The van der Waals surface area contributed by atoms with Crippen LogP contribution in [0.2, 0.25) is 0 Å². The van der Waals surface area contributed by atoms with Crippen molar-refractivity contribution in [1.82, 2.24) is 14.8 Å². The van der Waals surface area contributed by atoms with Crippen molar-refractivity contribution >= 4 is 0 Å². The maximum absolute atomic E-state index is 9.18. The highest BCUT2D eigenvalue weighted by Gasteiger charge is 2.29. The number of nitriles is 1. The zero-order chi connectivity index (χ0) is 14.6. The number of aromatic nitrogens is 1. The zero-order valence-corrected chi connectivity index (χ0v) is 12.5. The molecule has 0 aromatic carbocycles. The van der Waals surface area contributed by atoms with Crippen molar-refractivity contribution in [2.75, 3.05) is 33.3 Å². The summed E-state index contributed by atoms with van der Waals surface area (Å²) >= 11 is 0. The lowest BCUT2D eigenvalue weighted by atomic mass is 10.0. The van der Waals surface area contributed by atoms with Crippen LogP contribution >= 0.6 is 0 Å². The molecule has 108 valence electrons. The van der Waals surface area contributed by atoms with Crippen LogP contribution in [0.15, 0.2) is 18.2 Å². The van der Waals surface area contributed by atoms with E-state index in [4.69, 9.17) is 4.74 Å². The summed E-state index contributed by atoms with van der Waals surface area (Å²) in [6.07, 6.45) is 0.